The number of fused-ring (bicyclic) bond motifs is 1. The van der Waals surface area contributed by atoms with Crippen molar-refractivity contribution in [3.63, 3.8) is 0 Å². The number of rotatable bonds is 6. The lowest BCUT2D eigenvalue weighted by molar-refractivity contribution is -0.130. The first-order valence-corrected chi connectivity index (χ1v) is 9.35. The second-order valence-corrected chi connectivity index (χ2v) is 7.21. The summed E-state index contributed by atoms with van der Waals surface area (Å²) < 4.78 is 0. The molecule has 3 rings (SSSR count). The van der Waals surface area contributed by atoms with E-state index in [2.05, 4.69) is 9.97 Å². The maximum atomic E-state index is 12.4. The van der Waals surface area contributed by atoms with Crippen molar-refractivity contribution in [2.24, 2.45) is 0 Å². The minimum Gasteiger partial charge on any atom is -0.341 e. The fourth-order valence-corrected chi connectivity index (χ4v) is 3.31. The summed E-state index contributed by atoms with van der Waals surface area (Å²) in [6, 6.07) is 12.4. The number of aryl methyl sites for hydroxylation is 1. The first-order chi connectivity index (χ1) is 12.9. The first-order valence-electron chi connectivity index (χ1n) is 8.60. The molecule has 0 radical (unpaired) electrons. The van der Waals surface area contributed by atoms with Crippen LogP contribution in [0.3, 0.4) is 0 Å². The lowest BCUT2D eigenvalue weighted by Gasteiger charge is -2.18. The zero-order valence-corrected chi connectivity index (χ0v) is 16.3. The van der Waals surface area contributed by atoms with Gasteiger partial charge in [0.1, 0.15) is 5.82 Å². The Morgan fingerprint density at radius 1 is 1.19 bits per heavy atom. The van der Waals surface area contributed by atoms with Gasteiger partial charge >= 0.3 is 0 Å². The van der Waals surface area contributed by atoms with E-state index in [-0.39, 0.29) is 11.5 Å². The molecule has 5 nitrogen and oxygen atoms in total. The minimum absolute atomic E-state index is 0.00385. The highest BCUT2D eigenvalue weighted by Gasteiger charge is 2.12. The molecule has 27 heavy (non-hydrogen) atoms. The number of halogens is 2. The predicted molar refractivity (Wildman–Crippen MR) is 108 cm³/mol. The molecule has 1 N–H and O–H groups in total. The maximum absolute atomic E-state index is 12.4. The highest BCUT2D eigenvalue weighted by molar-refractivity contribution is 6.35. The smallest absolute Gasteiger partial charge is 0.258 e. The van der Waals surface area contributed by atoms with Crippen LogP contribution in [0.25, 0.3) is 10.9 Å². The van der Waals surface area contributed by atoms with E-state index < -0.39 is 0 Å². The van der Waals surface area contributed by atoms with Crippen molar-refractivity contribution < 1.29 is 4.79 Å². The lowest BCUT2D eigenvalue weighted by atomic mass is 10.1. The van der Waals surface area contributed by atoms with Crippen LogP contribution in [-0.2, 0) is 17.8 Å². The topological polar surface area (TPSA) is 66.1 Å². The molecule has 0 atom stereocenters. The van der Waals surface area contributed by atoms with Gasteiger partial charge in [0.25, 0.3) is 5.56 Å². The molecule has 7 heteroatoms. The molecule has 0 saturated heterocycles. The van der Waals surface area contributed by atoms with Crippen molar-refractivity contribution in [3.8, 4) is 0 Å². The van der Waals surface area contributed by atoms with E-state index in [0.717, 1.165) is 5.56 Å². The van der Waals surface area contributed by atoms with E-state index in [1.807, 2.05) is 18.2 Å². The molecular formula is C20H19Cl2N3O2. The van der Waals surface area contributed by atoms with Crippen LogP contribution in [0.2, 0.25) is 10.0 Å². The van der Waals surface area contributed by atoms with Gasteiger partial charge in [-0.15, -0.1) is 0 Å². The van der Waals surface area contributed by atoms with Crippen LogP contribution in [0.1, 0.15) is 24.2 Å². The van der Waals surface area contributed by atoms with Crippen LogP contribution >= 0.6 is 23.2 Å². The molecule has 1 heterocycles. The van der Waals surface area contributed by atoms with Gasteiger partial charge in [-0.2, -0.15) is 0 Å². The Hall–Kier alpha value is -2.37. The largest absolute Gasteiger partial charge is 0.341 e. The maximum Gasteiger partial charge on any atom is 0.258 e. The van der Waals surface area contributed by atoms with Crippen molar-refractivity contribution in [1.82, 2.24) is 14.9 Å². The summed E-state index contributed by atoms with van der Waals surface area (Å²) in [4.78, 5) is 33.3. The third kappa shape index (κ3) is 4.87. The third-order valence-corrected chi connectivity index (χ3v) is 4.90. The summed E-state index contributed by atoms with van der Waals surface area (Å²) in [7, 11) is 1.74. The number of hydrogen-bond donors (Lipinski definition) is 1. The average molecular weight is 404 g/mol. The van der Waals surface area contributed by atoms with Crippen LogP contribution in [0, 0.1) is 0 Å². The molecule has 0 unspecified atom stereocenters. The number of aromatic amines is 1. The number of hydrogen-bond acceptors (Lipinski definition) is 3. The number of nitrogens with zero attached hydrogens (tertiary/aromatic N) is 2. The number of nitrogens with one attached hydrogen (secondary N) is 1. The summed E-state index contributed by atoms with van der Waals surface area (Å²) >= 11 is 12.1. The zero-order chi connectivity index (χ0) is 19.4. The summed E-state index contributed by atoms with van der Waals surface area (Å²) in [6.45, 7) is 0.417. The lowest BCUT2D eigenvalue weighted by Crippen LogP contribution is -2.26. The molecule has 140 valence electrons. The van der Waals surface area contributed by atoms with E-state index >= 15 is 0 Å². The number of para-hydroxylation sites is 1. The monoisotopic (exact) mass is 403 g/mol. The van der Waals surface area contributed by atoms with E-state index in [9.17, 15) is 9.59 Å². The van der Waals surface area contributed by atoms with Gasteiger partial charge in [0.2, 0.25) is 5.91 Å². The van der Waals surface area contributed by atoms with Gasteiger partial charge in [-0.05, 0) is 36.2 Å². The van der Waals surface area contributed by atoms with E-state index in [1.54, 1.807) is 36.2 Å². The second kappa shape index (κ2) is 8.55. The molecular weight excluding hydrogens is 385 g/mol. The molecule has 1 aromatic heterocycles. The molecule has 0 aliphatic carbocycles. The van der Waals surface area contributed by atoms with Gasteiger partial charge in [-0.3, -0.25) is 9.59 Å². The summed E-state index contributed by atoms with van der Waals surface area (Å²) in [5, 5.41) is 1.67. The van der Waals surface area contributed by atoms with E-state index in [0.29, 0.717) is 52.6 Å². The second-order valence-electron chi connectivity index (χ2n) is 6.37. The number of carbonyl (C=O) groups is 1. The molecule has 0 saturated carbocycles. The Labute approximate surface area is 166 Å². The fourth-order valence-electron chi connectivity index (χ4n) is 2.84. The standard InChI is InChI=1S/C20H19Cl2N3O2/c1-25(12-13-9-10-14(21)11-16(13)22)19(26)8-4-7-18-23-17-6-3-2-5-15(17)20(27)24-18/h2-3,5-6,9-11H,4,7-8,12H2,1H3,(H,23,24,27). The molecule has 1 amide bonds. The highest BCUT2D eigenvalue weighted by atomic mass is 35.5. The Bertz CT molecular complexity index is 1030. The van der Waals surface area contributed by atoms with Crippen LogP contribution in [0.5, 0.6) is 0 Å². The quantitative estimate of drug-likeness (QED) is 0.669. The van der Waals surface area contributed by atoms with Crippen molar-refractivity contribution in [2.75, 3.05) is 7.05 Å². The van der Waals surface area contributed by atoms with E-state index in [1.165, 1.54) is 0 Å². The first kappa shape index (κ1) is 19.4. The SMILES string of the molecule is CN(Cc1ccc(Cl)cc1Cl)C(=O)CCCc1nc2ccccc2c(=O)[nH]1. The number of aromatic nitrogens is 2. The molecule has 0 aliphatic rings. The predicted octanol–water partition coefficient (Wildman–Crippen LogP) is 4.21. The summed E-state index contributed by atoms with van der Waals surface area (Å²) in [6.07, 6.45) is 1.48. The van der Waals surface area contributed by atoms with Gasteiger partial charge in [-0.1, -0.05) is 41.4 Å². The van der Waals surface area contributed by atoms with Gasteiger partial charge in [0.15, 0.2) is 0 Å². The van der Waals surface area contributed by atoms with Crippen molar-refractivity contribution >= 4 is 40.0 Å². The van der Waals surface area contributed by atoms with Crippen LogP contribution < -0.4 is 5.56 Å². The Morgan fingerprint density at radius 2 is 1.96 bits per heavy atom. The van der Waals surface area contributed by atoms with Gasteiger partial charge < -0.3 is 9.88 Å². The molecule has 0 aliphatic heterocycles. The third-order valence-electron chi connectivity index (χ3n) is 4.31. The molecule has 0 bridgehead atoms. The summed E-state index contributed by atoms with van der Waals surface area (Å²) in [5.74, 6) is 0.596. The summed E-state index contributed by atoms with van der Waals surface area (Å²) in [5.41, 5.74) is 1.35. The van der Waals surface area contributed by atoms with E-state index in [4.69, 9.17) is 23.2 Å². The average Bonchev–Trinajstić information content (AvgIpc) is 2.64. The molecule has 0 fully saturated rings. The molecule has 0 spiro atoms. The Morgan fingerprint density at radius 3 is 2.74 bits per heavy atom. The van der Waals surface area contributed by atoms with Crippen molar-refractivity contribution in [1.29, 1.82) is 0 Å². The zero-order valence-electron chi connectivity index (χ0n) is 14.8. The van der Waals surface area contributed by atoms with Crippen LogP contribution in [-0.4, -0.2) is 27.8 Å². The Balaban J connectivity index is 1.57. The number of H-pyrrole nitrogens is 1. The van der Waals surface area contributed by atoms with Gasteiger partial charge in [0.05, 0.1) is 10.9 Å². The minimum atomic E-state index is -0.156. The van der Waals surface area contributed by atoms with Crippen molar-refractivity contribution in [2.45, 2.75) is 25.8 Å². The highest BCUT2D eigenvalue weighted by Crippen LogP contribution is 2.22. The number of benzene rings is 2. The van der Waals surface area contributed by atoms with Crippen LogP contribution in [0.4, 0.5) is 0 Å². The Kier molecular flexibility index (Phi) is 6.14. The molecule has 2 aromatic carbocycles. The number of carbonyl (C=O) groups excluding carboxylic acids is 1. The number of amides is 1. The van der Waals surface area contributed by atoms with Crippen molar-refractivity contribution in [3.05, 3.63) is 74.3 Å². The normalized spacial score (nSPS) is 10.9. The van der Waals surface area contributed by atoms with Gasteiger partial charge in [-0.25, -0.2) is 4.98 Å². The van der Waals surface area contributed by atoms with Gasteiger partial charge in [0, 0.05) is 36.5 Å². The van der Waals surface area contributed by atoms with Crippen LogP contribution in [0.15, 0.2) is 47.3 Å². The fraction of sp³-hybridized carbons (Fsp3) is 0.250. The molecule has 3 aromatic rings.